The number of fused-ring (bicyclic) bond motifs is 9. The third-order valence-electron chi connectivity index (χ3n) is 14.9. The standard InChI is InChI=1S/C69H44N6/c1-5-19-45(20-6-1)48-35-37-50(38-36-48)68-70-67(49-25-11-4-12-26-49)71-69(72-68)75-63-33-18-32-62(65(63)55-29-17-34-64(66(55)75)74-58-30-15-13-27-53(58)54-28-14-16-31-59(54)74)73-60-41-39-51(46-21-7-2-8-22-46)43-56(60)57-44-52(40-42-61(57)73)47-23-9-3-10-24-47/h1-44H. The number of rotatable bonds is 8. The van der Waals surface area contributed by atoms with E-state index in [1.54, 1.807) is 0 Å². The minimum atomic E-state index is 0.526. The molecule has 350 valence electrons. The van der Waals surface area contributed by atoms with Gasteiger partial charge in [-0.2, -0.15) is 9.97 Å². The number of hydrogen-bond donors (Lipinski definition) is 0. The maximum Gasteiger partial charge on any atom is 0.238 e. The second-order valence-corrected chi connectivity index (χ2v) is 19.2. The highest BCUT2D eigenvalue weighted by molar-refractivity contribution is 6.19. The molecule has 0 N–H and O–H groups in total. The van der Waals surface area contributed by atoms with Gasteiger partial charge in [0.15, 0.2) is 11.6 Å². The Hall–Kier alpha value is -10.2. The Kier molecular flexibility index (Phi) is 9.78. The molecule has 6 heteroatoms. The van der Waals surface area contributed by atoms with Gasteiger partial charge in [0.1, 0.15) is 0 Å². The van der Waals surface area contributed by atoms with Gasteiger partial charge in [0.05, 0.1) is 44.5 Å². The molecule has 11 aromatic carbocycles. The van der Waals surface area contributed by atoms with Crippen molar-refractivity contribution in [1.29, 1.82) is 0 Å². The molecule has 75 heavy (non-hydrogen) atoms. The smallest absolute Gasteiger partial charge is 0.238 e. The van der Waals surface area contributed by atoms with Crippen LogP contribution in [0.3, 0.4) is 0 Å². The molecule has 15 rings (SSSR count). The van der Waals surface area contributed by atoms with E-state index < -0.39 is 0 Å². The van der Waals surface area contributed by atoms with Gasteiger partial charge in [-0.3, -0.25) is 4.57 Å². The summed E-state index contributed by atoms with van der Waals surface area (Å²) in [4.78, 5) is 16.2. The Morgan fingerprint density at radius 1 is 0.227 bits per heavy atom. The van der Waals surface area contributed by atoms with Crippen LogP contribution in [0.5, 0.6) is 0 Å². The number of benzene rings is 11. The van der Waals surface area contributed by atoms with E-state index in [-0.39, 0.29) is 0 Å². The molecule has 0 aliphatic rings. The second-order valence-electron chi connectivity index (χ2n) is 19.2. The van der Waals surface area contributed by atoms with Gasteiger partial charge in [-0.1, -0.05) is 212 Å². The van der Waals surface area contributed by atoms with E-state index in [2.05, 4.69) is 256 Å². The lowest BCUT2D eigenvalue weighted by Gasteiger charge is -2.15. The first-order valence-corrected chi connectivity index (χ1v) is 25.4. The zero-order valence-corrected chi connectivity index (χ0v) is 40.6. The first kappa shape index (κ1) is 42.5. The highest BCUT2D eigenvalue weighted by Gasteiger charge is 2.26. The molecule has 4 aromatic heterocycles. The SMILES string of the molecule is c1ccc(-c2ccc(-c3nc(-c4ccccc4)nc(-n4c5cccc(-n6c7ccc(-c8ccccc8)cc7c7cc(-c8ccccc8)ccc76)c5c5cccc(-n6c7ccccc7c7ccccc76)c54)n3)cc2)cc1. The average molecular weight is 957 g/mol. The molecule has 4 heterocycles. The van der Waals surface area contributed by atoms with Crippen molar-refractivity contribution in [3.63, 3.8) is 0 Å². The molecule has 0 radical (unpaired) electrons. The Labute approximate surface area is 432 Å². The molecular weight excluding hydrogens is 913 g/mol. The predicted octanol–water partition coefficient (Wildman–Crippen LogP) is 17.5. The Balaban J connectivity index is 1.05. The molecule has 0 bridgehead atoms. The van der Waals surface area contributed by atoms with Gasteiger partial charge < -0.3 is 9.13 Å². The van der Waals surface area contributed by atoms with Gasteiger partial charge >= 0.3 is 0 Å². The highest BCUT2D eigenvalue weighted by Crippen LogP contribution is 2.44. The second kappa shape index (κ2) is 17.3. The first-order chi connectivity index (χ1) is 37.2. The molecule has 6 nitrogen and oxygen atoms in total. The first-order valence-electron chi connectivity index (χ1n) is 25.4. The van der Waals surface area contributed by atoms with E-state index >= 15 is 0 Å². The minimum absolute atomic E-state index is 0.526. The summed E-state index contributed by atoms with van der Waals surface area (Å²) in [7, 11) is 0. The highest BCUT2D eigenvalue weighted by atomic mass is 15.2. The number of aromatic nitrogens is 6. The molecule has 0 unspecified atom stereocenters. The quantitative estimate of drug-likeness (QED) is 0.152. The third kappa shape index (κ3) is 6.92. The predicted molar refractivity (Wildman–Crippen MR) is 310 cm³/mol. The van der Waals surface area contributed by atoms with Crippen molar-refractivity contribution in [3.05, 3.63) is 267 Å². The summed E-state index contributed by atoms with van der Waals surface area (Å²) in [5.41, 5.74) is 17.3. The molecular formula is C69H44N6. The fourth-order valence-corrected chi connectivity index (χ4v) is 11.5. The summed E-state index contributed by atoms with van der Waals surface area (Å²) in [5.74, 6) is 1.71. The van der Waals surface area contributed by atoms with Crippen LogP contribution in [-0.2, 0) is 0 Å². The van der Waals surface area contributed by atoms with Crippen molar-refractivity contribution in [1.82, 2.24) is 28.7 Å². The normalized spacial score (nSPS) is 11.7. The lowest BCUT2D eigenvalue weighted by molar-refractivity contribution is 0.949. The van der Waals surface area contributed by atoms with Crippen molar-refractivity contribution in [2.45, 2.75) is 0 Å². The molecule has 0 fully saturated rings. The van der Waals surface area contributed by atoms with Crippen LogP contribution < -0.4 is 0 Å². The maximum atomic E-state index is 5.52. The summed E-state index contributed by atoms with van der Waals surface area (Å²) in [6.45, 7) is 0. The molecule has 0 amide bonds. The zero-order valence-electron chi connectivity index (χ0n) is 40.6. The van der Waals surface area contributed by atoms with E-state index in [9.17, 15) is 0 Å². The summed E-state index contributed by atoms with van der Waals surface area (Å²) in [6.07, 6.45) is 0. The van der Waals surface area contributed by atoms with E-state index in [1.165, 1.54) is 43.8 Å². The fraction of sp³-hybridized carbons (Fsp3) is 0. The van der Waals surface area contributed by atoms with Crippen molar-refractivity contribution >= 4 is 65.4 Å². The summed E-state index contributed by atoms with van der Waals surface area (Å²) < 4.78 is 7.18. The van der Waals surface area contributed by atoms with Gasteiger partial charge in [0.2, 0.25) is 5.95 Å². The van der Waals surface area contributed by atoms with Crippen LogP contribution in [0.15, 0.2) is 267 Å². The molecule has 0 saturated heterocycles. The Morgan fingerprint density at radius 2 is 0.600 bits per heavy atom. The number of nitrogens with zero attached hydrogens (tertiary/aromatic N) is 6. The third-order valence-corrected chi connectivity index (χ3v) is 14.9. The summed E-state index contributed by atoms with van der Waals surface area (Å²) in [5, 5.41) is 6.91. The van der Waals surface area contributed by atoms with Crippen LogP contribution in [0.4, 0.5) is 0 Å². The maximum absolute atomic E-state index is 5.52. The lowest BCUT2D eigenvalue weighted by atomic mass is 10.0. The molecule has 0 aliphatic carbocycles. The monoisotopic (exact) mass is 956 g/mol. The Bertz CT molecular complexity index is 4520. The van der Waals surface area contributed by atoms with Crippen LogP contribution in [-0.4, -0.2) is 28.7 Å². The topological polar surface area (TPSA) is 53.5 Å². The molecule has 15 aromatic rings. The molecule has 0 atom stereocenters. The van der Waals surface area contributed by atoms with Crippen LogP contribution in [0.25, 0.3) is 139 Å². The molecule has 0 aliphatic heterocycles. The van der Waals surface area contributed by atoms with Gasteiger partial charge in [-0.25, -0.2) is 4.98 Å². The molecule has 0 saturated carbocycles. The van der Waals surface area contributed by atoms with E-state index in [0.717, 1.165) is 77.5 Å². The lowest BCUT2D eigenvalue weighted by Crippen LogP contribution is -2.08. The van der Waals surface area contributed by atoms with Crippen molar-refractivity contribution in [2.24, 2.45) is 0 Å². The zero-order chi connectivity index (χ0) is 49.4. The Morgan fingerprint density at radius 3 is 1.16 bits per heavy atom. The van der Waals surface area contributed by atoms with Crippen LogP contribution in [0.2, 0.25) is 0 Å². The van der Waals surface area contributed by atoms with Crippen LogP contribution in [0.1, 0.15) is 0 Å². The molecule has 0 spiro atoms. The van der Waals surface area contributed by atoms with Gasteiger partial charge in [0.25, 0.3) is 0 Å². The van der Waals surface area contributed by atoms with Crippen LogP contribution >= 0.6 is 0 Å². The van der Waals surface area contributed by atoms with E-state index in [0.29, 0.717) is 17.6 Å². The largest absolute Gasteiger partial charge is 0.309 e. The van der Waals surface area contributed by atoms with Crippen molar-refractivity contribution in [2.75, 3.05) is 0 Å². The van der Waals surface area contributed by atoms with Crippen molar-refractivity contribution in [3.8, 4) is 73.5 Å². The van der Waals surface area contributed by atoms with Crippen molar-refractivity contribution < 1.29 is 0 Å². The summed E-state index contributed by atoms with van der Waals surface area (Å²) in [6, 6.07) is 95.3. The van der Waals surface area contributed by atoms with Gasteiger partial charge in [0, 0.05) is 43.4 Å². The summed E-state index contributed by atoms with van der Waals surface area (Å²) >= 11 is 0. The van der Waals surface area contributed by atoms with E-state index in [1.807, 2.05) is 24.3 Å². The van der Waals surface area contributed by atoms with E-state index in [4.69, 9.17) is 15.0 Å². The number of hydrogen-bond acceptors (Lipinski definition) is 3. The average Bonchev–Trinajstić information content (AvgIpc) is 4.21. The minimum Gasteiger partial charge on any atom is -0.309 e. The van der Waals surface area contributed by atoms with Gasteiger partial charge in [-0.15, -0.1) is 0 Å². The van der Waals surface area contributed by atoms with Crippen LogP contribution in [0, 0.1) is 0 Å². The van der Waals surface area contributed by atoms with Gasteiger partial charge in [-0.05, 0) is 88.0 Å². The fourth-order valence-electron chi connectivity index (χ4n) is 11.5. The number of para-hydroxylation sites is 3.